The molecule has 2 unspecified atom stereocenters. The summed E-state index contributed by atoms with van der Waals surface area (Å²) >= 11 is 0. The van der Waals surface area contributed by atoms with Crippen molar-refractivity contribution in [2.75, 3.05) is 19.0 Å². The molecule has 1 aromatic heterocycles. The standard InChI is InChI=1S/C18H22N3O4.BrH/c1-20(2)12-7-9-21(10-8-12)11-15(22)25-19-16-17(23)13-5-3-4-6-14(13)18(16)24;/h7-10,13-14H,3-6,11H2,1-2H3;1H/q+1;/p-1. The van der Waals surface area contributed by atoms with E-state index in [0.29, 0.717) is 0 Å². The Kier molecular flexibility index (Phi) is 6.63. The van der Waals surface area contributed by atoms with Gasteiger partial charge in [0.1, 0.15) is 0 Å². The quantitative estimate of drug-likeness (QED) is 0.315. The first-order valence-electron chi connectivity index (χ1n) is 8.50. The number of carbonyl (C=O) groups excluding carboxylic acids is 3. The maximum absolute atomic E-state index is 12.3. The van der Waals surface area contributed by atoms with Crippen molar-refractivity contribution in [2.45, 2.75) is 32.2 Å². The lowest BCUT2D eigenvalue weighted by atomic mass is 9.81. The highest BCUT2D eigenvalue weighted by atomic mass is 79.9. The van der Waals surface area contributed by atoms with E-state index in [9.17, 15) is 14.4 Å². The number of carbonyl (C=O) groups is 3. The summed E-state index contributed by atoms with van der Waals surface area (Å²) in [7, 11) is 3.86. The number of aromatic nitrogens is 1. The van der Waals surface area contributed by atoms with Crippen molar-refractivity contribution in [2.24, 2.45) is 17.0 Å². The van der Waals surface area contributed by atoms with Crippen LogP contribution in [0.15, 0.2) is 29.7 Å². The molecular formula is C18H22BrN3O4. The van der Waals surface area contributed by atoms with Crippen LogP contribution in [0.2, 0.25) is 0 Å². The minimum absolute atomic E-state index is 0. The van der Waals surface area contributed by atoms with E-state index in [1.54, 1.807) is 17.0 Å². The van der Waals surface area contributed by atoms with Gasteiger partial charge < -0.3 is 26.7 Å². The first-order chi connectivity index (χ1) is 12.0. The van der Waals surface area contributed by atoms with E-state index in [1.165, 1.54) is 0 Å². The van der Waals surface area contributed by atoms with Crippen molar-refractivity contribution in [3.05, 3.63) is 24.5 Å². The van der Waals surface area contributed by atoms with Crippen LogP contribution >= 0.6 is 0 Å². The second-order valence-corrected chi connectivity index (χ2v) is 6.75. The Morgan fingerprint density at radius 2 is 1.69 bits per heavy atom. The second kappa shape index (κ2) is 8.53. The van der Waals surface area contributed by atoms with E-state index in [1.807, 2.05) is 31.1 Å². The van der Waals surface area contributed by atoms with Gasteiger partial charge in [0.15, 0.2) is 29.7 Å². The van der Waals surface area contributed by atoms with Gasteiger partial charge in [0, 0.05) is 43.8 Å². The Morgan fingerprint density at radius 1 is 1.15 bits per heavy atom. The number of rotatable bonds is 4. The SMILES string of the molecule is CN(C)c1cc[n+](CC(=O)ON=C2C(=O)C3CCCCC3C2=O)cc1.[Br-]. The van der Waals surface area contributed by atoms with Gasteiger partial charge in [0.25, 0.3) is 0 Å². The Hall–Kier alpha value is -2.09. The number of halogens is 1. The fourth-order valence-electron chi connectivity index (χ4n) is 3.45. The molecule has 140 valence electrons. The Morgan fingerprint density at radius 3 is 2.19 bits per heavy atom. The first-order valence-corrected chi connectivity index (χ1v) is 8.50. The molecule has 0 aromatic carbocycles. The zero-order valence-electron chi connectivity index (χ0n) is 14.9. The third-order valence-corrected chi connectivity index (χ3v) is 4.85. The maximum atomic E-state index is 12.3. The van der Waals surface area contributed by atoms with Crippen molar-refractivity contribution >= 4 is 28.9 Å². The van der Waals surface area contributed by atoms with Gasteiger partial charge in [-0.2, -0.15) is 4.57 Å². The van der Waals surface area contributed by atoms with Crippen LogP contribution in [0.5, 0.6) is 0 Å². The molecule has 0 bridgehead atoms. The van der Waals surface area contributed by atoms with Crippen LogP contribution in [-0.4, -0.2) is 37.3 Å². The molecule has 2 aliphatic carbocycles. The van der Waals surface area contributed by atoms with Gasteiger partial charge in [-0.1, -0.05) is 18.0 Å². The smallest absolute Gasteiger partial charge is 0.399 e. The molecule has 2 saturated carbocycles. The molecule has 26 heavy (non-hydrogen) atoms. The van der Waals surface area contributed by atoms with Crippen LogP contribution in [0.4, 0.5) is 5.69 Å². The Bertz CT molecular complexity index is 704. The highest BCUT2D eigenvalue weighted by Gasteiger charge is 2.48. The van der Waals surface area contributed by atoms with Crippen LogP contribution < -0.4 is 26.4 Å². The highest BCUT2D eigenvalue weighted by molar-refractivity contribution is 6.70. The fourth-order valence-corrected chi connectivity index (χ4v) is 3.45. The number of fused-ring (bicyclic) bond motifs is 1. The summed E-state index contributed by atoms with van der Waals surface area (Å²) in [5.41, 5.74) is 0.813. The number of oxime groups is 1. The average Bonchev–Trinajstić information content (AvgIpc) is 2.85. The van der Waals surface area contributed by atoms with E-state index in [4.69, 9.17) is 4.84 Å². The number of anilines is 1. The van der Waals surface area contributed by atoms with E-state index < -0.39 is 5.97 Å². The molecule has 0 aliphatic heterocycles. The number of Topliss-reactive ketones (excluding diaryl/α,β-unsaturated/α-hetero) is 2. The van der Waals surface area contributed by atoms with Gasteiger partial charge in [-0.25, -0.2) is 4.79 Å². The molecule has 7 nitrogen and oxygen atoms in total. The number of hydrogen-bond acceptors (Lipinski definition) is 6. The van der Waals surface area contributed by atoms with E-state index in [2.05, 4.69) is 5.16 Å². The zero-order valence-corrected chi connectivity index (χ0v) is 16.4. The minimum Gasteiger partial charge on any atom is -1.00 e. The van der Waals surface area contributed by atoms with Crippen molar-refractivity contribution in [1.29, 1.82) is 0 Å². The minimum atomic E-state index is -0.620. The van der Waals surface area contributed by atoms with Crippen molar-refractivity contribution in [3.63, 3.8) is 0 Å². The van der Waals surface area contributed by atoms with E-state index >= 15 is 0 Å². The van der Waals surface area contributed by atoms with Crippen LogP contribution in [0, 0.1) is 11.8 Å². The molecule has 2 atom stereocenters. The summed E-state index contributed by atoms with van der Waals surface area (Å²) in [6, 6.07) is 3.74. The molecule has 3 rings (SSSR count). The van der Waals surface area contributed by atoms with Gasteiger partial charge in [-0.05, 0) is 12.8 Å². The molecular weight excluding hydrogens is 402 g/mol. The van der Waals surface area contributed by atoms with Crippen molar-refractivity contribution in [3.8, 4) is 0 Å². The van der Waals surface area contributed by atoms with Gasteiger partial charge in [0.2, 0.25) is 6.54 Å². The van der Waals surface area contributed by atoms with Crippen molar-refractivity contribution in [1.82, 2.24) is 0 Å². The number of hydrogen-bond donors (Lipinski definition) is 0. The van der Waals surface area contributed by atoms with E-state index in [0.717, 1.165) is 31.4 Å². The Labute approximate surface area is 162 Å². The molecule has 0 radical (unpaired) electrons. The molecule has 1 heterocycles. The molecule has 0 amide bonds. The Balaban J connectivity index is 0.00000243. The summed E-state index contributed by atoms with van der Waals surface area (Å²) in [6.45, 7) is -0.0419. The lowest BCUT2D eigenvalue weighted by molar-refractivity contribution is -0.685. The predicted octanol–water partition coefficient (Wildman–Crippen LogP) is -2.10. The van der Waals surface area contributed by atoms with Crippen LogP contribution in [0.1, 0.15) is 25.7 Å². The summed E-state index contributed by atoms with van der Waals surface area (Å²) in [6.07, 6.45) is 6.85. The maximum Gasteiger partial charge on any atom is 0.399 e. The second-order valence-electron chi connectivity index (χ2n) is 6.75. The molecule has 0 spiro atoms. The normalized spacial score (nSPS) is 21.7. The first kappa shape index (κ1) is 20.2. The third-order valence-electron chi connectivity index (χ3n) is 4.85. The van der Waals surface area contributed by atoms with Gasteiger partial charge >= 0.3 is 5.97 Å². The van der Waals surface area contributed by atoms with Crippen LogP contribution in [-0.2, 0) is 25.8 Å². The fraction of sp³-hybridized carbons (Fsp3) is 0.500. The molecule has 0 N–H and O–H groups in total. The molecule has 2 fully saturated rings. The predicted molar refractivity (Wildman–Crippen MR) is 90.0 cm³/mol. The largest absolute Gasteiger partial charge is 1.00 e. The lowest BCUT2D eigenvalue weighted by Gasteiger charge is -2.20. The summed E-state index contributed by atoms with van der Waals surface area (Å²) in [5.74, 6) is -1.71. The topological polar surface area (TPSA) is 79.9 Å². The van der Waals surface area contributed by atoms with E-state index in [-0.39, 0.29) is 52.6 Å². The van der Waals surface area contributed by atoms with Gasteiger partial charge in [0.05, 0.1) is 0 Å². The van der Waals surface area contributed by atoms with Gasteiger partial charge in [-0.15, -0.1) is 0 Å². The third kappa shape index (κ3) is 4.17. The lowest BCUT2D eigenvalue weighted by Crippen LogP contribution is -3.00. The van der Waals surface area contributed by atoms with Gasteiger partial charge in [-0.3, -0.25) is 9.59 Å². The number of ketones is 2. The molecule has 8 heteroatoms. The highest BCUT2D eigenvalue weighted by Crippen LogP contribution is 2.36. The number of pyridine rings is 1. The summed E-state index contributed by atoms with van der Waals surface area (Å²) < 4.78 is 1.65. The van der Waals surface area contributed by atoms with Crippen LogP contribution in [0.3, 0.4) is 0 Å². The zero-order chi connectivity index (χ0) is 18.0. The monoisotopic (exact) mass is 423 g/mol. The average molecular weight is 424 g/mol. The summed E-state index contributed by atoms with van der Waals surface area (Å²) in [5, 5.41) is 3.60. The van der Waals surface area contributed by atoms with Crippen molar-refractivity contribution < 1.29 is 40.8 Å². The number of nitrogens with zero attached hydrogens (tertiary/aromatic N) is 3. The molecule has 1 aromatic rings. The van der Waals surface area contributed by atoms with Crippen LogP contribution in [0.25, 0.3) is 0 Å². The molecule has 0 saturated heterocycles. The molecule has 2 aliphatic rings. The summed E-state index contributed by atoms with van der Waals surface area (Å²) in [4.78, 5) is 43.3.